The normalized spacial score (nSPS) is 11.7. The zero-order valence-corrected chi connectivity index (χ0v) is 25.4. The molecule has 0 radical (unpaired) electrons. The molecule has 4 aromatic carbocycles. The van der Waals surface area contributed by atoms with Crippen LogP contribution in [0.25, 0.3) is 33.1 Å². The lowest BCUT2D eigenvalue weighted by molar-refractivity contribution is 0.471. The molecule has 0 bridgehead atoms. The summed E-state index contributed by atoms with van der Waals surface area (Å²) in [4.78, 5) is 0. The quantitative estimate of drug-likeness (QED) is 0.186. The SMILES string of the molecule is Cn1nnc2c(Cn3nnc4ccccc43)cc(Oc3ccc(C#C[Si](C)(C)C)cc3Cn3nnc4ccccc43)cc21. The van der Waals surface area contributed by atoms with E-state index in [4.69, 9.17) is 4.74 Å². The summed E-state index contributed by atoms with van der Waals surface area (Å²) in [5.41, 5.74) is 11.5. The second-order valence-electron chi connectivity index (χ2n) is 11.6. The summed E-state index contributed by atoms with van der Waals surface area (Å²) in [6.07, 6.45) is 0. The van der Waals surface area contributed by atoms with Gasteiger partial charge in [-0.2, -0.15) is 0 Å². The van der Waals surface area contributed by atoms with Crippen LogP contribution in [0.5, 0.6) is 11.5 Å². The fourth-order valence-corrected chi connectivity index (χ4v) is 5.53. The van der Waals surface area contributed by atoms with Gasteiger partial charge in [-0.05, 0) is 48.5 Å². The molecule has 7 aromatic rings. The summed E-state index contributed by atoms with van der Waals surface area (Å²) in [6, 6.07) is 25.9. The van der Waals surface area contributed by atoms with Gasteiger partial charge in [-0.3, -0.25) is 0 Å². The molecule has 0 unspecified atom stereocenters. The van der Waals surface area contributed by atoms with Crippen LogP contribution in [0.4, 0.5) is 0 Å². The predicted molar refractivity (Wildman–Crippen MR) is 169 cm³/mol. The Kier molecular flexibility index (Phi) is 6.48. The number of rotatable bonds is 6. The molecule has 7 rings (SSSR count). The lowest BCUT2D eigenvalue weighted by Gasteiger charge is -2.14. The summed E-state index contributed by atoms with van der Waals surface area (Å²) in [5.74, 6) is 4.77. The van der Waals surface area contributed by atoms with E-state index in [1.165, 1.54) is 0 Å². The van der Waals surface area contributed by atoms with E-state index in [0.29, 0.717) is 24.6 Å². The number of nitrogens with zero attached hydrogens (tertiary/aromatic N) is 9. The first-order chi connectivity index (χ1) is 20.8. The Bertz CT molecular complexity index is 2190. The van der Waals surface area contributed by atoms with Crippen molar-refractivity contribution >= 4 is 41.2 Å². The van der Waals surface area contributed by atoms with Crippen molar-refractivity contribution in [2.24, 2.45) is 7.05 Å². The lowest BCUT2D eigenvalue weighted by atomic mass is 10.1. The van der Waals surface area contributed by atoms with Crippen molar-refractivity contribution in [1.82, 2.24) is 45.0 Å². The van der Waals surface area contributed by atoms with Crippen LogP contribution in [-0.4, -0.2) is 53.1 Å². The zero-order valence-electron chi connectivity index (χ0n) is 24.4. The zero-order chi connectivity index (χ0) is 29.6. The molecule has 212 valence electrons. The van der Waals surface area contributed by atoms with E-state index in [2.05, 4.69) is 68.1 Å². The maximum absolute atomic E-state index is 6.64. The average molecular weight is 584 g/mol. The van der Waals surface area contributed by atoms with Crippen molar-refractivity contribution in [2.45, 2.75) is 32.7 Å². The van der Waals surface area contributed by atoms with Gasteiger partial charge in [0.05, 0.1) is 29.6 Å². The maximum atomic E-state index is 6.64. The minimum Gasteiger partial charge on any atom is -0.457 e. The van der Waals surface area contributed by atoms with Crippen molar-refractivity contribution in [3.8, 4) is 23.0 Å². The van der Waals surface area contributed by atoms with E-state index >= 15 is 0 Å². The summed E-state index contributed by atoms with van der Waals surface area (Å²) >= 11 is 0. The first-order valence-electron chi connectivity index (χ1n) is 14.0. The number of aromatic nitrogens is 9. The highest BCUT2D eigenvalue weighted by atomic mass is 28.3. The Hall–Kier alpha value is -5.34. The smallest absolute Gasteiger partial charge is 0.132 e. The van der Waals surface area contributed by atoms with E-state index in [-0.39, 0.29) is 0 Å². The van der Waals surface area contributed by atoms with Crippen molar-refractivity contribution in [3.63, 3.8) is 0 Å². The largest absolute Gasteiger partial charge is 0.457 e. The van der Waals surface area contributed by atoms with E-state index in [0.717, 1.165) is 49.8 Å². The number of ether oxygens (including phenoxy) is 1. The van der Waals surface area contributed by atoms with Gasteiger partial charge in [0, 0.05) is 29.8 Å². The molecule has 0 aliphatic heterocycles. The van der Waals surface area contributed by atoms with Crippen LogP contribution in [0.2, 0.25) is 19.6 Å². The minimum atomic E-state index is -1.55. The van der Waals surface area contributed by atoms with Gasteiger partial charge in [-0.1, -0.05) is 65.5 Å². The van der Waals surface area contributed by atoms with Crippen LogP contribution in [0, 0.1) is 11.5 Å². The van der Waals surface area contributed by atoms with Gasteiger partial charge < -0.3 is 4.74 Å². The molecule has 0 saturated heterocycles. The molecule has 3 aromatic heterocycles. The Labute approximate surface area is 248 Å². The average Bonchev–Trinajstić information content (AvgIpc) is 3.70. The lowest BCUT2D eigenvalue weighted by Crippen LogP contribution is -2.16. The van der Waals surface area contributed by atoms with Crippen molar-refractivity contribution in [2.75, 3.05) is 0 Å². The number of aryl methyl sites for hydroxylation is 1. The van der Waals surface area contributed by atoms with Crippen LogP contribution in [-0.2, 0) is 20.1 Å². The minimum absolute atomic E-state index is 0.468. The number of fused-ring (bicyclic) bond motifs is 3. The molecule has 0 aliphatic rings. The third-order valence-corrected chi connectivity index (χ3v) is 8.00. The van der Waals surface area contributed by atoms with E-state index in [9.17, 15) is 0 Å². The molecule has 0 spiro atoms. The number of benzene rings is 4. The Balaban J connectivity index is 1.29. The molecule has 0 aliphatic carbocycles. The van der Waals surface area contributed by atoms with Gasteiger partial charge in [0.25, 0.3) is 0 Å². The predicted octanol–water partition coefficient (Wildman–Crippen LogP) is 5.58. The molecule has 10 nitrogen and oxygen atoms in total. The fourth-order valence-electron chi connectivity index (χ4n) is 5.01. The number of hydrogen-bond donors (Lipinski definition) is 0. The summed E-state index contributed by atoms with van der Waals surface area (Å²) < 4.78 is 12.2. The summed E-state index contributed by atoms with van der Waals surface area (Å²) in [5, 5.41) is 26.2. The van der Waals surface area contributed by atoms with E-state index in [1.54, 1.807) is 4.68 Å². The number of hydrogen-bond acceptors (Lipinski definition) is 7. The molecule has 3 heterocycles. The monoisotopic (exact) mass is 583 g/mol. The van der Waals surface area contributed by atoms with E-state index in [1.807, 2.05) is 89.2 Å². The second kappa shape index (κ2) is 10.5. The molecule has 11 heteroatoms. The third kappa shape index (κ3) is 5.36. The summed E-state index contributed by atoms with van der Waals surface area (Å²) in [6.45, 7) is 7.66. The number of para-hydroxylation sites is 2. The molecule has 0 amide bonds. The van der Waals surface area contributed by atoms with E-state index < -0.39 is 8.07 Å². The molecule has 0 fully saturated rings. The molecular formula is C32H29N9OSi. The topological polar surface area (TPSA) is 101 Å². The van der Waals surface area contributed by atoms with Gasteiger partial charge in [0.15, 0.2) is 0 Å². The first kappa shape index (κ1) is 26.5. The van der Waals surface area contributed by atoms with Crippen molar-refractivity contribution in [3.05, 3.63) is 95.6 Å². The van der Waals surface area contributed by atoms with Crippen LogP contribution < -0.4 is 4.74 Å². The third-order valence-electron chi connectivity index (χ3n) is 7.12. The molecule has 0 atom stereocenters. The second-order valence-corrected chi connectivity index (χ2v) is 16.3. The Morgan fingerprint density at radius 3 is 2.02 bits per heavy atom. The standard InChI is InChI=1S/C32H29N9OSi/c1-39-30-19-25(18-24(32(30)35-36-39)21-41-29-12-8-6-10-27(29)34-38-41)42-31-14-13-22(15-16-43(2,3)4)17-23(31)20-40-28-11-7-5-9-26(28)33-37-40/h5-14,17-19H,20-21H2,1-4H3. The molecular weight excluding hydrogens is 555 g/mol. The molecule has 43 heavy (non-hydrogen) atoms. The maximum Gasteiger partial charge on any atom is 0.132 e. The van der Waals surface area contributed by atoms with Gasteiger partial charge in [0.2, 0.25) is 0 Å². The highest BCUT2D eigenvalue weighted by Gasteiger charge is 2.16. The van der Waals surface area contributed by atoms with Gasteiger partial charge in [-0.15, -0.1) is 20.8 Å². The highest BCUT2D eigenvalue weighted by Crippen LogP contribution is 2.32. The highest BCUT2D eigenvalue weighted by molar-refractivity contribution is 6.83. The molecule has 0 N–H and O–H groups in total. The van der Waals surface area contributed by atoms with Crippen molar-refractivity contribution in [1.29, 1.82) is 0 Å². The summed E-state index contributed by atoms with van der Waals surface area (Å²) in [7, 11) is 0.323. The Morgan fingerprint density at radius 1 is 0.698 bits per heavy atom. The van der Waals surface area contributed by atoms with Gasteiger partial charge in [0.1, 0.15) is 36.1 Å². The first-order valence-corrected chi connectivity index (χ1v) is 17.5. The van der Waals surface area contributed by atoms with Gasteiger partial charge in [-0.25, -0.2) is 14.0 Å². The fraction of sp³-hybridized carbons (Fsp3) is 0.188. The Morgan fingerprint density at radius 2 is 1.35 bits per heavy atom. The molecule has 0 saturated carbocycles. The van der Waals surface area contributed by atoms with Crippen molar-refractivity contribution < 1.29 is 4.74 Å². The van der Waals surface area contributed by atoms with Crippen LogP contribution in [0.15, 0.2) is 78.9 Å². The van der Waals surface area contributed by atoms with Gasteiger partial charge >= 0.3 is 0 Å². The van der Waals surface area contributed by atoms with Crippen LogP contribution in [0.3, 0.4) is 0 Å². The van der Waals surface area contributed by atoms with Crippen LogP contribution >= 0.6 is 0 Å². The van der Waals surface area contributed by atoms with Crippen LogP contribution in [0.1, 0.15) is 16.7 Å².